The second-order valence-electron chi connectivity index (χ2n) is 4.21. The number of anilines is 1. The van der Waals surface area contributed by atoms with E-state index < -0.39 is 0 Å². The Balaban J connectivity index is 2.03. The molecule has 0 saturated heterocycles. The van der Waals surface area contributed by atoms with E-state index in [0.717, 1.165) is 0 Å². The average molecular weight is 276 g/mol. The number of hydrazine groups is 1. The van der Waals surface area contributed by atoms with Crippen molar-refractivity contribution in [2.75, 3.05) is 12.0 Å². The highest BCUT2D eigenvalue weighted by Crippen LogP contribution is 2.31. The lowest BCUT2D eigenvalue weighted by atomic mass is 10.1. The normalized spacial score (nSPS) is 16.2. The van der Waals surface area contributed by atoms with Crippen LogP contribution in [-0.4, -0.2) is 11.6 Å². The smallest absolute Gasteiger partial charge is 0.234 e. The molecule has 0 spiro atoms. The van der Waals surface area contributed by atoms with Gasteiger partial charge in [-0.2, -0.15) is 4.98 Å². The van der Waals surface area contributed by atoms with Crippen LogP contribution in [0.4, 0.5) is 5.82 Å². The molecule has 1 aliphatic rings. The van der Waals surface area contributed by atoms with E-state index in [1.807, 2.05) is 0 Å². The van der Waals surface area contributed by atoms with Crippen LogP contribution in [0.2, 0.25) is 10.0 Å². The molecule has 1 aromatic heterocycles. The molecule has 0 aliphatic heterocycles. The first-order valence-corrected chi connectivity index (χ1v) is 6.41. The van der Waals surface area contributed by atoms with Gasteiger partial charge in [0.05, 0.1) is 11.6 Å². The first kappa shape index (κ1) is 12.7. The van der Waals surface area contributed by atoms with Crippen molar-refractivity contribution in [1.29, 1.82) is 0 Å². The molecule has 0 amide bonds. The second-order valence-corrected chi connectivity index (χ2v) is 5.03. The van der Waals surface area contributed by atoms with Crippen LogP contribution in [-0.2, 0) is 0 Å². The summed E-state index contributed by atoms with van der Waals surface area (Å²) in [4.78, 5) is 4.13. The van der Waals surface area contributed by atoms with Gasteiger partial charge in [-0.15, -0.1) is 0 Å². The third-order valence-corrected chi connectivity index (χ3v) is 3.52. The fourth-order valence-corrected chi connectivity index (χ4v) is 2.49. The van der Waals surface area contributed by atoms with Gasteiger partial charge in [-0.3, -0.25) is 0 Å². The van der Waals surface area contributed by atoms with Crippen molar-refractivity contribution < 1.29 is 4.74 Å². The summed E-state index contributed by atoms with van der Waals surface area (Å²) in [5, 5.41) is 0.790. The molecule has 0 aromatic carbocycles. The highest BCUT2D eigenvalue weighted by atomic mass is 35.5. The van der Waals surface area contributed by atoms with Gasteiger partial charge in [-0.05, 0) is 24.8 Å². The minimum atomic E-state index is 0.373. The fraction of sp³-hybridized carbons (Fsp3) is 0.545. The van der Waals surface area contributed by atoms with Crippen molar-refractivity contribution in [3.63, 3.8) is 0 Å². The molecular weight excluding hydrogens is 261 g/mol. The van der Waals surface area contributed by atoms with E-state index >= 15 is 0 Å². The van der Waals surface area contributed by atoms with Crippen LogP contribution < -0.4 is 16.0 Å². The molecule has 1 aromatic rings. The van der Waals surface area contributed by atoms with Crippen LogP contribution in [0, 0.1) is 5.92 Å². The summed E-state index contributed by atoms with van der Waals surface area (Å²) in [6, 6.07) is 1.58. The van der Waals surface area contributed by atoms with E-state index in [1.54, 1.807) is 6.07 Å². The zero-order valence-electron chi connectivity index (χ0n) is 9.38. The van der Waals surface area contributed by atoms with E-state index in [2.05, 4.69) is 10.4 Å². The molecule has 1 aliphatic carbocycles. The average Bonchev–Trinajstić information content (AvgIpc) is 2.81. The molecular formula is C11H15Cl2N3O. The lowest BCUT2D eigenvalue weighted by Crippen LogP contribution is -2.12. The summed E-state index contributed by atoms with van der Waals surface area (Å²) in [5.74, 6) is 6.66. The second kappa shape index (κ2) is 5.76. The summed E-state index contributed by atoms with van der Waals surface area (Å²) in [6.07, 6.45) is 5.00. The molecule has 0 radical (unpaired) electrons. The maximum absolute atomic E-state index is 6.00. The minimum absolute atomic E-state index is 0.373. The molecule has 1 heterocycles. The molecule has 4 nitrogen and oxygen atoms in total. The van der Waals surface area contributed by atoms with Gasteiger partial charge in [0.2, 0.25) is 5.88 Å². The Kier molecular flexibility index (Phi) is 4.31. The molecule has 1 saturated carbocycles. The standard InChI is InChI=1S/C11H15Cl2N3O/c12-8-5-9(13)11(15-10(8)16-14)17-6-7-3-1-2-4-7/h5,7H,1-4,6,14H2,(H,15,16). The predicted molar refractivity (Wildman–Crippen MR) is 69.5 cm³/mol. The summed E-state index contributed by atoms with van der Waals surface area (Å²) in [7, 11) is 0. The topological polar surface area (TPSA) is 60.2 Å². The molecule has 6 heteroatoms. The van der Waals surface area contributed by atoms with Crippen LogP contribution in [0.15, 0.2) is 6.07 Å². The maximum atomic E-state index is 6.00. The quantitative estimate of drug-likeness (QED) is 0.654. The lowest BCUT2D eigenvalue weighted by molar-refractivity contribution is 0.244. The van der Waals surface area contributed by atoms with Crippen molar-refractivity contribution in [2.24, 2.45) is 11.8 Å². The third kappa shape index (κ3) is 3.15. The van der Waals surface area contributed by atoms with Gasteiger partial charge >= 0.3 is 0 Å². The number of ether oxygens (including phenoxy) is 1. The van der Waals surface area contributed by atoms with E-state index in [9.17, 15) is 0 Å². The molecule has 3 N–H and O–H groups in total. The molecule has 0 atom stereocenters. The van der Waals surface area contributed by atoms with Gasteiger partial charge in [0.1, 0.15) is 5.02 Å². The molecule has 17 heavy (non-hydrogen) atoms. The van der Waals surface area contributed by atoms with E-state index in [-0.39, 0.29) is 0 Å². The lowest BCUT2D eigenvalue weighted by Gasteiger charge is -2.13. The Morgan fingerprint density at radius 3 is 2.71 bits per heavy atom. The number of pyridine rings is 1. The maximum Gasteiger partial charge on any atom is 0.234 e. The Morgan fingerprint density at radius 2 is 2.06 bits per heavy atom. The van der Waals surface area contributed by atoms with Crippen molar-refractivity contribution in [2.45, 2.75) is 25.7 Å². The molecule has 2 rings (SSSR count). The van der Waals surface area contributed by atoms with E-state index in [0.29, 0.717) is 34.3 Å². The summed E-state index contributed by atoms with van der Waals surface area (Å²) < 4.78 is 5.62. The number of halogens is 2. The predicted octanol–water partition coefficient (Wildman–Crippen LogP) is 3.24. The SMILES string of the molecule is NNc1nc(OCC2CCCC2)c(Cl)cc1Cl. The number of aromatic nitrogens is 1. The van der Waals surface area contributed by atoms with Crippen molar-refractivity contribution in [3.05, 3.63) is 16.1 Å². The molecule has 0 bridgehead atoms. The number of hydrogen-bond acceptors (Lipinski definition) is 4. The Labute approximate surface area is 110 Å². The Bertz CT molecular complexity index is 395. The van der Waals surface area contributed by atoms with Gasteiger partial charge in [0, 0.05) is 0 Å². The number of nitrogen functional groups attached to an aromatic ring is 1. The largest absolute Gasteiger partial charge is 0.476 e. The zero-order chi connectivity index (χ0) is 12.3. The van der Waals surface area contributed by atoms with Crippen LogP contribution in [0.3, 0.4) is 0 Å². The van der Waals surface area contributed by atoms with E-state index in [1.165, 1.54) is 25.7 Å². The van der Waals surface area contributed by atoms with Crippen LogP contribution in [0.5, 0.6) is 5.88 Å². The van der Waals surface area contributed by atoms with Gasteiger partial charge in [-0.1, -0.05) is 36.0 Å². The summed E-state index contributed by atoms with van der Waals surface area (Å²) in [6.45, 7) is 0.651. The number of hydrogen-bond donors (Lipinski definition) is 2. The van der Waals surface area contributed by atoms with Gasteiger partial charge in [0.25, 0.3) is 0 Å². The van der Waals surface area contributed by atoms with E-state index in [4.69, 9.17) is 33.8 Å². The monoisotopic (exact) mass is 275 g/mol. The van der Waals surface area contributed by atoms with Gasteiger partial charge < -0.3 is 10.2 Å². The third-order valence-electron chi connectivity index (χ3n) is 2.96. The first-order valence-electron chi connectivity index (χ1n) is 5.66. The fourth-order valence-electron chi connectivity index (χ4n) is 2.03. The minimum Gasteiger partial charge on any atom is -0.476 e. The highest BCUT2D eigenvalue weighted by molar-refractivity contribution is 6.36. The first-order chi connectivity index (χ1) is 8.20. The zero-order valence-corrected chi connectivity index (χ0v) is 10.9. The van der Waals surface area contributed by atoms with Crippen molar-refractivity contribution >= 4 is 29.0 Å². The van der Waals surface area contributed by atoms with Crippen LogP contribution in [0.1, 0.15) is 25.7 Å². The Hall–Kier alpha value is -0.710. The number of nitrogens with zero attached hydrogens (tertiary/aromatic N) is 1. The number of nitrogens with one attached hydrogen (secondary N) is 1. The molecule has 0 unspecified atom stereocenters. The van der Waals surface area contributed by atoms with Gasteiger partial charge in [-0.25, -0.2) is 5.84 Å². The Morgan fingerprint density at radius 1 is 1.35 bits per heavy atom. The number of nitrogens with two attached hydrogens (primary N) is 1. The molecule has 94 valence electrons. The van der Waals surface area contributed by atoms with Crippen LogP contribution in [0.25, 0.3) is 0 Å². The molecule has 1 fully saturated rings. The van der Waals surface area contributed by atoms with Crippen molar-refractivity contribution in [1.82, 2.24) is 4.98 Å². The summed E-state index contributed by atoms with van der Waals surface area (Å²) >= 11 is 11.9. The van der Waals surface area contributed by atoms with Crippen LogP contribution >= 0.6 is 23.2 Å². The summed E-state index contributed by atoms with van der Waals surface area (Å²) in [5.41, 5.74) is 2.41. The van der Waals surface area contributed by atoms with Crippen molar-refractivity contribution in [3.8, 4) is 5.88 Å². The highest BCUT2D eigenvalue weighted by Gasteiger charge is 2.17. The number of rotatable bonds is 4. The van der Waals surface area contributed by atoms with Gasteiger partial charge in [0.15, 0.2) is 5.82 Å².